The first kappa shape index (κ1) is 15.9. The molecule has 0 N–H and O–H groups in total. The predicted octanol–water partition coefficient (Wildman–Crippen LogP) is 5.78. The molecule has 0 spiro atoms. The zero-order chi connectivity index (χ0) is 15.2. The van der Waals surface area contributed by atoms with Crippen molar-refractivity contribution in [2.24, 2.45) is 0 Å². The van der Waals surface area contributed by atoms with Gasteiger partial charge >= 0.3 is 0 Å². The van der Waals surface area contributed by atoms with Gasteiger partial charge in [-0.2, -0.15) is 0 Å². The molecule has 0 radical (unpaired) electrons. The second-order valence-electron chi connectivity index (χ2n) is 4.53. The molecule has 0 aliphatic heterocycles. The summed E-state index contributed by atoms with van der Waals surface area (Å²) in [6, 6.07) is 18.3. The van der Waals surface area contributed by atoms with Crippen molar-refractivity contribution in [3.05, 3.63) is 70.7 Å². The molecule has 0 aliphatic rings. The highest BCUT2D eigenvalue weighted by Crippen LogP contribution is 2.32. The van der Waals surface area contributed by atoms with Gasteiger partial charge in [0.1, 0.15) is 0 Å². The molecule has 0 saturated carbocycles. The van der Waals surface area contributed by atoms with Crippen molar-refractivity contribution in [2.45, 2.75) is 20.2 Å². The Balaban J connectivity index is 1.53. The summed E-state index contributed by atoms with van der Waals surface area (Å²) in [7, 11) is 0. The molecule has 0 unspecified atom stereocenters. The van der Waals surface area contributed by atoms with Crippen LogP contribution >= 0.6 is 46.5 Å². The van der Waals surface area contributed by atoms with E-state index in [1.165, 1.54) is 11.1 Å². The van der Waals surface area contributed by atoms with Crippen molar-refractivity contribution in [3.63, 3.8) is 0 Å². The van der Waals surface area contributed by atoms with E-state index < -0.39 is 0 Å². The molecule has 0 atom stereocenters. The van der Waals surface area contributed by atoms with Crippen molar-refractivity contribution in [3.8, 4) is 0 Å². The summed E-state index contributed by atoms with van der Waals surface area (Å²) < 4.78 is 2.01. The zero-order valence-electron chi connectivity index (χ0n) is 11.6. The van der Waals surface area contributed by atoms with Gasteiger partial charge in [-0.3, -0.25) is 0 Å². The maximum absolute atomic E-state index is 5.99. The van der Waals surface area contributed by atoms with Gasteiger partial charge in [0.2, 0.25) is 0 Å². The van der Waals surface area contributed by atoms with Crippen molar-refractivity contribution in [1.29, 1.82) is 0 Å². The summed E-state index contributed by atoms with van der Waals surface area (Å²) in [5.74, 6) is 1.78. The minimum Gasteiger partial charge on any atom is -0.131 e. The number of halogens is 1. The smallest absolute Gasteiger partial charge is 0.131 e. The fraction of sp³-hybridized carbons (Fsp3) is 0.125. The van der Waals surface area contributed by atoms with E-state index in [0.717, 1.165) is 25.2 Å². The van der Waals surface area contributed by atoms with Gasteiger partial charge < -0.3 is 0 Å². The van der Waals surface area contributed by atoms with Crippen LogP contribution in [0.1, 0.15) is 11.1 Å². The molecule has 0 aliphatic carbocycles. The number of aromatic nitrogens is 2. The van der Waals surface area contributed by atoms with Crippen LogP contribution in [0.5, 0.6) is 0 Å². The van der Waals surface area contributed by atoms with Crippen LogP contribution in [-0.4, -0.2) is 10.2 Å². The molecule has 1 heterocycles. The number of thioether (sulfide) groups is 2. The highest BCUT2D eigenvalue weighted by molar-refractivity contribution is 8.02. The first-order valence-corrected chi connectivity index (χ1v) is 9.83. The van der Waals surface area contributed by atoms with E-state index in [1.807, 2.05) is 24.3 Å². The third-order valence-corrected chi connectivity index (χ3v) is 6.41. The average Bonchev–Trinajstić information content (AvgIpc) is 3.00. The summed E-state index contributed by atoms with van der Waals surface area (Å²) in [6.07, 6.45) is 0. The lowest BCUT2D eigenvalue weighted by atomic mass is 10.2. The van der Waals surface area contributed by atoms with Crippen molar-refractivity contribution >= 4 is 46.5 Å². The Morgan fingerprint density at radius 3 is 2.14 bits per heavy atom. The third-order valence-electron chi connectivity index (χ3n) is 2.84. The second-order valence-corrected chi connectivity index (χ2v) is 8.39. The minimum absolute atomic E-state index is 0.773. The summed E-state index contributed by atoms with van der Waals surface area (Å²) in [5.41, 5.74) is 2.50. The molecule has 0 amide bonds. The highest BCUT2D eigenvalue weighted by atomic mass is 35.5. The molecule has 0 bridgehead atoms. The van der Waals surface area contributed by atoms with Gasteiger partial charge in [-0.05, 0) is 23.3 Å². The van der Waals surface area contributed by atoms with Gasteiger partial charge in [-0.1, -0.05) is 88.9 Å². The van der Waals surface area contributed by atoms with Crippen LogP contribution in [0.15, 0.2) is 63.3 Å². The Morgan fingerprint density at radius 2 is 1.45 bits per heavy atom. The van der Waals surface area contributed by atoms with Crippen LogP contribution in [0, 0.1) is 0 Å². The number of benzene rings is 2. The summed E-state index contributed by atoms with van der Waals surface area (Å²) >= 11 is 11.1. The lowest BCUT2D eigenvalue weighted by Crippen LogP contribution is -1.80. The second kappa shape index (κ2) is 8.02. The summed E-state index contributed by atoms with van der Waals surface area (Å²) in [6.45, 7) is 0. The zero-order valence-corrected chi connectivity index (χ0v) is 14.8. The number of hydrogen-bond donors (Lipinski definition) is 0. The Labute approximate surface area is 147 Å². The number of rotatable bonds is 6. The van der Waals surface area contributed by atoms with Crippen LogP contribution in [0.4, 0.5) is 0 Å². The first-order chi connectivity index (χ1) is 10.8. The molecule has 3 aromatic rings. The maximum Gasteiger partial charge on any atom is 0.175 e. The number of nitrogens with zero attached hydrogens (tertiary/aromatic N) is 2. The largest absolute Gasteiger partial charge is 0.175 e. The Hall–Kier alpha value is -1.01. The van der Waals surface area contributed by atoms with E-state index in [4.69, 9.17) is 11.6 Å². The van der Waals surface area contributed by atoms with Gasteiger partial charge in [0.15, 0.2) is 8.68 Å². The molecule has 112 valence electrons. The van der Waals surface area contributed by atoms with Crippen LogP contribution in [0.25, 0.3) is 0 Å². The van der Waals surface area contributed by atoms with E-state index in [1.54, 1.807) is 34.9 Å². The molecule has 0 saturated heterocycles. The third kappa shape index (κ3) is 4.74. The molecule has 6 heteroatoms. The van der Waals surface area contributed by atoms with E-state index in [0.29, 0.717) is 0 Å². The molecule has 0 fully saturated rings. The normalized spacial score (nSPS) is 10.8. The molecular formula is C16H13ClN2S3. The maximum atomic E-state index is 5.99. The van der Waals surface area contributed by atoms with Gasteiger partial charge in [0.05, 0.1) is 0 Å². The van der Waals surface area contributed by atoms with Gasteiger partial charge in [-0.25, -0.2) is 0 Å². The predicted molar refractivity (Wildman–Crippen MR) is 96.9 cm³/mol. The SMILES string of the molecule is Clc1cccc(CSc2nnc(SCc3ccccc3)s2)c1. The van der Waals surface area contributed by atoms with Crippen LogP contribution in [0.3, 0.4) is 0 Å². The van der Waals surface area contributed by atoms with Crippen molar-refractivity contribution in [1.82, 2.24) is 10.2 Å². The fourth-order valence-corrected chi connectivity index (χ4v) is 4.94. The van der Waals surface area contributed by atoms with E-state index in [2.05, 4.69) is 40.5 Å². The topological polar surface area (TPSA) is 25.8 Å². The van der Waals surface area contributed by atoms with E-state index >= 15 is 0 Å². The fourth-order valence-electron chi connectivity index (χ4n) is 1.80. The summed E-state index contributed by atoms with van der Waals surface area (Å²) in [4.78, 5) is 0. The van der Waals surface area contributed by atoms with Gasteiger partial charge in [-0.15, -0.1) is 10.2 Å². The minimum atomic E-state index is 0.773. The Bertz CT molecular complexity index is 731. The van der Waals surface area contributed by atoms with Crippen molar-refractivity contribution < 1.29 is 0 Å². The Kier molecular flexibility index (Phi) is 5.78. The molecule has 2 aromatic carbocycles. The monoisotopic (exact) mass is 364 g/mol. The van der Waals surface area contributed by atoms with Crippen LogP contribution < -0.4 is 0 Å². The molecule has 2 nitrogen and oxygen atoms in total. The van der Waals surface area contributed by atoms with Gasteiger partial charge in [0.25, 0.3) is 0 Å². The number of hydrogen-bond acceptors (Lipinski definition) is 5. The van der Waals surface area contributed by atoms with Crippen LogP contribution in [0.2, 0.25) is 5.02 Å². The first-order valence-electron chi connectivity index (χ1n) is 6.67. The lowest BCUT2D eigenvalue weighted by molar-refractivity contribution is 0.954. The molecule has 22 heavy (non-hydrogen) atoms. The van der Waals surface area contributed by atoms with E-state index in [-0.39, 0.29) is 0 Å². The molecular weight excluding hydrogens is 352 g/mol. The van der Waals surface area contributed by atoms with E-state index in [9.17, 15) is 0 Å². The summed E-state index contributed by atoms with van der Waals surface area (Å²) in [5, 5.41) is 9.26. The average molecular weight is 365 g/mol. The van der Waals surface area contributed by atoms with Crippen LogP contribution in [-0.2, 0) is 11.5 Å². The molecule has 3 rings (SSSR count). The lowest BCUT2D eigenvalue weighted by Gasteiger charge is -1.99. The molecule has 1 aromatic heterocycles. The standard InChI is InChI=1S/C16H13ClN2S3/c17-14-8-4-7-13(9-14)11-21-16-19-18-15(22-16)20-10-12-5-2-1-3-6-12/h1-9H,10-11H2. The highest BCUT2D eigenvalue weighted by Gasteiger charge is 2.06. The quantitative estimate of drug-likeness (QED) is 0.518. The Morgan fingerprint density at radius 1 is 0.818 bits per heavy atom. The van der Waals surface area contributed by atoms with Gasteiger partial charge in [0, 0.05) is 16.5 Å². The van der Waals surface area contributed by atoms with Crippen molar-refractivity contribution in [2.75, 3.05) is 0 Å².